The molecular formula is C14H17NO4. The fourth-order valence-corrected chi connectivity index (χ4v) is 2.34. The molecule has 1 saturated carbocycles. The molecule has 0 amide bonds. The average molecular weight is 263 g/mol. The third-order valence-electron chi connectivity index (χ3n) is 3.41. The SMILES string of the molecule is CC(=O)c1ccc(OC2CCCCC2)c([N+](=O)[O-])c1. The van der Waals surface area contributed by atoms with E-state index < -0.39 is 4.92 Å². The minimum atomic E-state index is -0.495. The lowest BCUT2D eigenvalue weighted by molar-refractivity contribution is -0.386. The van der Waals surface area contributed by atoms with Gasteiger partial charge in [-0.05, 0) is 44.7 Å². The second-order valence-corrected chi connectivity index (χ2v) is 4.87. The van der Waals surface area contributed by atoms with Crippen molar-refractivity contribution < 1.29 is 14.5 Å². The molecule has 0 spiro atoms. The number of ketones is 1. The molecule has 0 aliphatic heterocycles. The summed E-state index contributed by atoms with van der Waals surface area (Å²) >= 11 is 0. The molecule has 1 aromatic carbocycles. The normalized spacial score (nSPS) is 16.1. The number of nitro groups is 1. The number of benzene rings is 1. The Bertz CT molecular complexity index is 492. The fraction of sp³-hybridized carbons (Fsp3) is 0.500. The molecule has 1 aliphatic carbocycles. The van der Waals surface area contributed by atoms with E-state index in [1.54, 1.807) is 6.07 Å². The van der Waals surface area contributed by atoms with E-state index in [1.807, 2.05) is 0 Å². The van der Waals surface area contributed by atoms with Gasteiger partial charge in [-0.15, -0.1) is 0 Å². The highest BCUT2D eigenvalue weighted by molar-refractivity contribution is 5.95. The summed E-state index contributed by atoms with van der Waals surface area (Å²) in [6.45, 7) is 1.39. The molecule has 0 heterocycles. The summed E-state index contributed by atoms with van der Waals surface area (Å²) in [5.74, 6) is 0.0780. The Morgan fingerprint density at radius 2 is 2.00 bits per heavy atom. The molecule has 19 heavy (non-hydrogen) atoms. The van der Waals surface area contributed by atoms with Crippen molar-refractivity contribution in [3.8, 4) is 5.75 Å². The van der Waals surface area contributed by atoms with E-state index in [0.717, 1.165) is 25.7 Å². The van der Waals surface area contributed by atoms with Crippen molar-refractivity contribution in [2.24, 2.45) is 0 Å². The monoisotopic (exact) mass is 263 g/mol. The van der Waals surface area contributed by atoms with Crippen molar-refractivity contribution in [1.29, 1.82) is 0 Å². The highest BCUT2D eigenvalue weighted by atomic mass is 16.6. The van der Waals surface area contributed by atoms with Gasteiger partial charge in [-0.1, -0.05) is 6.42 Å². The van der Waals surface area contributed by atoms with Crippen LogP contribution >= 0.6 is 0 Å². The predicted octanol–water partition coefficient (Wildman–Crippen LogP) is 3.51. The third-order valence-corrected chi connectivity index (χ3v) is 3.41. The van der Waals surface area contributed by atoms with Gasteiger partial charge in [0.2, 0.25) is 0 Å². The number of Topliss-reactive ketones (excluding diaryl/α,β-unsaturated/α-hetero) is 1. The smallest absolute Gasteiger partial charge is 0.311 e. The zero-order chi connectivity index (χ0) is 13.8. The molecule has 0 aromatic heterocycles. The summed E-state index contributed by atoms with van der Waals surface area (Å²) in [5, 5.41) is 11.1. The number of nitrogens with zero attached hydrogens (tertiary/aromatic N) is 1. The Kier molecular flexibility index (Phi) is 4.14. The van der Waals surface area contributed by atoms with Crippen molar-refractivity contribution in [1.82, 2.24) is 0 Å². The quantitative estimate of drug-likeness (QED) is 0.473. The molecule has 5 nitrogen and oxygen atoms in total. The summed E-state index contributed by atoms with van der Waals surface area (Å²) in [5.41, 5.74) is 0.209. The standard InChI is InChI=1S/C14H17NO4/c1-10(16)11-7-8-14(13(9-11)15(17)18)19-12-5-3-2-4-6-12/h7-9,12H,2-6H2,1H3. The van der Waals surface area contributed by atoms with Crippen LogP contribution in [0.2, 0.25) is 0 Å². The van der Waals surface area contributed by atoms with E-state index in [4.69, 9.17) is 4.74 Å². The van der Waals surface area contributed by atoms with Crippen molar-refractivity contribution >= 4 is 11.5 Å². The maximum Gasteiger partial charge on any atom is 0.311 e. The first-order chi connectivity index (χ1) is 9.08. The van der Waals surface area contributed by atoms with E-state index in [9.17, 15) is 14.9 Å². The van der Waals surface area contributed by atoms with Gasteiger partial charge in [-0.3, -0.25) is 14.9 Å². The van der Waals surface area contributed by atoms with Gasteiger partial charge in [0.1, 0.15) is 0 Å². The van der Waals surface area contributed by atoms with Crippen LogP contribution in [0, 0.1) is 10.1 Å². The van der Waals surface area contributed by atoms with Crippen molar-refractivity contribution in [3.05, 3.63) is 33.9 Å². The van der Waals surface area contributed by atoms with Gasteiger partial charge in [0.05, 0.1) is 11.0 Å². The lowest BCUT2D eigenvalue weighted by Crippen LogP contribution is -2.20. The Labute approximate surface area is 111 Å². The first-order valence-corrected chi connectivity index (χ1v) is 6.54. The van der Waals surface area contributed by atoms with E-state index in [-0.39, 0.29) is 23.3 Å². The number of rotatable bonds is 4. The van der Waals surface area contributed by atoms with E-state index >= 15 is 0 Å². The molecule has 0 saturated heterocycles. The van der Waals surface area contributed by atoms with Crippen LogP contribution in [0.5, 0.6) is 5.75 Å². The van der Waals surface area contributed by atoms with Crippen LogP contribution < -0.4 is 4.74 Å². The molecule has 2 rings (SSSR count). The Morgan fingerprint density at radius 3 is 2.58 bits per heavy atom. The molecule has 1 aromatic rings. The third kappa shape index (κ3) is 3.30. The van der Waals surface area contributed by atoms with Crippen LogP contribution in [-0.4, -0.2) is 16.8 Å². The van der Waals surface area contributed by atoms with Gasteiger partial charge in [-0.2, -0.15) is 0 Å². The molecule has 0 atom stereocenters. The highest BCUT2D eigenvalue weighted by Crippen LogP contribution is 2.31. The van der Waals surface area contributed by atoms with Gasteiger partial charge in [-0.25, -0.2) is 0 Å². The van der Waals surface area contributed by atoms with E-state index in [1.165, 1.54) is 25.5 Å². The van der Waals surface area contributed by atoms with Crippen LogP contribution in [0.1, 0.15) is 49.4 Å². The number of hydrogen-bond acceptors (Lipinski definition) is 4. The number of carbonyl (C=O) groups excluding carboxylic acids is 1. The van der Waals surface area contributed by atoms with Crippen LogP contribution in [0.15, 0.2) is 18.2 Å². The highest BCUT2D eigenvalue weighted by Gasteiger charge is 2.22. The summed E-state index contributed by atoms with van der Waals surface area (Å²) in [7, 11) is 0. The first-order valence-electron chi connectivity index (χ1n) is 6.54. The van der Waals surface area contributed by atoms with Crippen molar-refractivity contribution in [2.75, 3.05) is 0 Å². The van der Waals surface area contributed by atoms with Gasteiger partial charge in [0.25, 0.3) is 0 Å². The number of nitro benzene ring substituents is 1. The minimum absolute atomic E-state index is 0.0515. The zero-order valence-electron chi connectivity index (χ0n) is 10.9. The average Bonchev–Trinajstić information content (AvgIpc) is 2.39. The Morgan fingerprint density at radius 1 is 1.32 bits per heavy atom. The molecule has 1 fully saturated rings. The Balaban J connectivity index is 2.23. The van der Waals surface area contributed by atoms with Crippen LogP contribution in [0.3, 0.4) is 0 Å². The topological polar surface area (TPSA) is 69.4 Å². The molecule has 0 radical (unpaired) electrons. The molecule has 0 N–H and O–H groups in total. The summed E-state index contributed by atoms with van der Waals surface area (Å²) in [6, 6.07) is 4.40. The lowest BCUT2D eigenvalue weighted by atomic mass is 9.98. The maximum absolute atomic E-state index is 11.3. The molecular weight excluding hydrogens is 246 g/mol. The maximum atomic E-state index is 11.3. The van der Waals surface area contributed by atoms with Gasteiger partial charge < -0.3 is 4.74 Å². The fourth-order valence-electron chi connectivity index (χ4n) is 2.34. The Hall–Kier alpha value is -1.91. The van der Waals surface area contributed by atoms with Crippen molar-refractivity contribution in [2.45, 2.75) is 45.1 Å². The van der Waals surface area contributed by atoms with Crippen LogP contribution in [-0.2, 0) is 0 Å². The number of ether oxygens (including phenoxy) is 1. The number of hydrogen-bond donors (Lipinski definition) is 0. The van der Waals surface area contributed by atoms with Crippen LogP contribution in [0.25, 0.3) is 0 Å². The van der Waals surface area contributed by atoms with E-state index in [2.05, 4.69) is 0 Å². The van der Waals surface area contributed by atoms with E-state index in [0.29, 0.717) is 5.56 Å². The summed E-state index contributed by atoms with van der Waals surface area (Å²) < 4.78 is 5.73. The molecule has 102 valence electrons. The second-order valence-electron chi connectivity index (χ2n) is 4.87. The van der Waals surface area contributed by atoms with Gasteiger partial charge >= 0.3 is 5.69 Å². The largest absolute Gasteiger partial charge is 0.484 e. The molecule has 1 aliphatic rings. The second kappa shape index (κ2) is 5.82. The minimum Gasteiger partial charge on any atom is -0.484 e. The van der Waals surface area contributed by atoms with Gasteiger partial charge in [0.15, 0.2) is 11.5 Å². The molecule has 0 unspecified atom stereocenters. The molecule has 5 heteroatoms. The summed E-state index contributed by atoms with van der Waals surface area (Å²) in [4.78, 5) is 21.8. The van der Waals surface area contributed by atoms with Gasteiger partial charge in [0, 0.05) is 11.6 Å². The number of carbonyl (C=O) groups is 1. The first kappa shape index (κ1) is 13.5. The summed E-state index contributed by atoms with van der Waals surface area (Å²) in [6.07, 6.45) is 5.33. The van der Waals surface area contributed by atoms with Crippen molar-refractivity contribution in [3.63, 3.8) is 0 Å². The van der Waals surface area contributed by atoms with Crippen LogP contribution in [0.4, 0.5) is 5.69 Å². The predicted molar refractivity (Wildman–Crippen MR) is 70.6 cm³/mol. The lowest BCUT2D eigenvalue weighted by Gasteiger charge is -2.22. The molecule has 0 bridgehead atoms. The zero-order valence-corrected chi connectivity index (χ0v) is 10.9.